The Bertz CT molecular complexity index is 405. The van der Waals surface area contributed by atoms with Gasteiger partial charge in [-0.1, -0.05) is 20.8 Å². The highest BCUT2D eigenvalue weighted by atomic mass is 16.4. The summed E-state index contributed by atoms with van der Waals surface area (Å²) < 4.78 is 0. The van der Waals surface area contributed by atoms with Gasteiger partial charge in [0.25, 0.3) is 0 Å². The number of rotatable bonds is 3. The van der Waals surface area contributed by atoms with Crippen molar-refractivity contribution >= 4 is 11.9 Å². The molecule has 0 atom stereocenters. The molecule has 0 aliphatic rings. The summed E-state index contributed by atoms with van der Waals surface area (Å²) in [5, 5.41) is 11.7. The highest BCUT2D eigenvalue weighted by Crippen LogP contribution is 2.21. The fraction of sp³-hybridized carbons (Fsp3) is 0.583. The van der Waals surface area contributed by atoms with Gasteiger partial charge in [-0.25, -0.2) is 14.8 Å². The van der Waals surface area contributed by atoms with Crippen molar-refractivity contribution in [2.75, 3.05) is 5.32 Å². The number of nitrogens with zero attached hydrogens (tertiary/aromatic N) is 2. The number of carboxylic acid groups (broad SMARTS) is 1. The van der Waals surface area contributed by atoms with E-state index in [1.54, 1.807) is 26.2 Å². The summed E-state index contributed by atoms with van der Waals surface area (Å²) in [6.45, 7) is 9.34. The second kappa shape index (κ2) is 4.31. The fourth-order valence-corrected chi connectivity index (χ4v) is 1.11. The van der Waals surface area contributed by atoms with E-state index in [1.165, 1.54) is 0 Å². The third kappa shape index (κ3) is 3.41. The molecule has 0 bridgehead atoms. The molecule has 1 aromatic rings. The Hall–Kier alpha value is -1.65. The first-order chi connectivity index (χ1) is 7.63. The number of aromatic nitrogens is 2. The van der Waals surface area contributed by atoms with Crippen LogP contribution in [0.15, 0.2) is 12.4 Å². The lowest BCUT2D eigenvalue weighted by molar-refractivity contribution is -0.141. The van der Waals surface area contributed by atoms with E-state index in [4.69, 9.17) is 5.11 Å². The van der Waals surface area contributed by atoms with Gasteiger partial charge in [0.1, 0.15) is 5.54 Å². The zero-order valence-corrected chi connectivity index (χ0v) is 10.9. The Morgan fingerprint density at radius 2 is 1.65 bits per heavy atom. The maximum Gasteiger partial charge on any atom is 0.328 e. The molecular weight excluding hydrogens is 218 g/mol. The Labute approximate surface area is 101 Å². The molecule has 1 heterocycles. The van der Waals surface area contributed by atoms with Crippen LogP contribution in [0.25, 0.3) is 0 Å². The topological polar surface area (TPSA) is 75.1 Å². The van der Waals surface area contributed by atoms with Crippen molar-refractivity contribution in [2.24, 2.45) is 0 Å². The molecule has 1 rings (SSSR count). The highest BCUT2D eigenvalue weighted by Gasteiger charge is 2.27. The number of hydrogen-bond acceptors (Lipinski definition) is 4. The average Bonchev–Trinajstić information content (AvgIpc) is 2.16. The molecule has 0 radical (unpaired) electrons. The molecule has 0 spiro atoms. The van der Waals surface area contributed by atoms with E-state index < -0.39 is 11.5 Å². The van der Waals surface area contributed by atoms with E-state index in [2.05, 4.69) is 36.1 Å². The van der Waals surface area contributed by atoms with Gasteiger partial charge in [-0.3, -0.25) is 0 Å². The zero-order valence-electron chi connectivity index (χ0n) is 10.9. The first-order valence-corrected chi connectivity index (χ1v) is 5.47. The molecule has 0 saturated heterocycles. The number of carbonyl (C=O) groups is 1. The lowest BCUT2D eigenvalue weighted by Gasteiger charge is -2.22. The Kier molecular flexibility index (Phi) is 3.40. The monoisotopic (exact) mass is 237 g/mol. The molecule has 5 nitrogen and oxygen atoms in total. The van der Waals surface area contributed by atoms with Crippen LogP contribution in [-0.4, -0.2) is 26.6 Å². The van der Waals surface area contributed by atoms with Crippen LogP contribution in [0.4, 0.5) is 5.95 Å². The van der Waals surface area contributed by atoms with Crippen molar-refractivity contribution in [1.29, 1.82) is 0 Å². The summed E-state index contributed by atoms with van der Waals surface area (Å²) in [5.41, 5.74) is -0.0828. The van der Waals surface area contributed by atoms with Crippen molar-refractivity contribution in [3.63, 3.8) is 0 Å². The highest BCUT2D eigenvalue weighted by molar-refractivity contribution is 5.80. The maximum absolute atomic E-state index is 10.9. The average molecular weight is 237 g/mol. The van der Waals surface area contributed by atoms with E-state index in [0.29, 0.717) is 5.95 Å². The van der Waals surface area contributed by atoms with Crippen LogP contribution in [0.5, 0.6) is 0 Å². The van der Waals surface area contributed by atoms with Gasteiger partial charge in [-0.2, -0.15) is 0 Å². The molecular formula is C12H19N3O2. The van der Waals surface area contributed by atoms with Crippen molar-refractivity contribution in [2.45, 2.75) is 45.6 Å². The second-order valence-corrected chi connectivity index (χ2v) is 5.60. The fourth-order valence-electron chi connectivity index (χ4n) is 1.11. The zero-order chi connectivity index (χ0) is 13.3. The molecule has 0 saturated carbocycles. The molecule has 1 aromatic heterocycles. The van der Waals surface area contributed by atoms with E-state index in [0.717, 1.165) is 5.56 Å². The molecule has 94 valence electrons. The van der Waals surface area contributed by atoms with Gasteiger partial charge in [0.05, 0.1) is 0 Å². The minimum absolute atomic E-state index is 0.0130. The summed E-state index contributed by atoms with van der Waals surface area (Å²) in [7, 11) is 0. The lowest BCUT2D eigenvalue weighted by Crippen LogP contribution is -2.40. The largest absolute Gasteiger partial charge is 0.480 e. The third-order valence-electron chi connectivity index (χ3n) is 2.48. The molecule has 2 N–H and O–H groups in total. The van der Waals surface area contributed by atoms with Gasteiger partial charge < -0.3 is 10.4 Å². The summed E-state index contributed by atoms with van der Waals surface area (Å²) in [6, 6.07) is 0. The smallest absolute Gasteiger partial charge is 0.328 e. The lowest BCUT2D eigenvalue weighted by atomic mass is 9.89. The van der Waals surface area contributed by atoms with Crippen LogP contribution >= 0.6 is 0 Å². The van der Waals surface area contributed by atoms with Crippen LogP contribution in [0, 0.1) is 0 Å². The van der Waals surface area contributed by atoms with Crippen LogP contribution in [0.3, 0.4) is 0 Å². The second-order valence-electron chi connectivity index (χ2n) is 5.60. The van der Waals surface area contributed by atoms with E-state index in [9.17, 15) is 4.79 Å². The van der Waals surface area contributed by atoms with Gasteiger partial charge in [0, 0.05) is 12.4 Å². The van der Waals surface area contributed by atoms with Crippen molar-refractivity contribution in [3.8, 4) is 0 Å². The Morgan fingerprint density at radius 1 is 1.18 bits per heavy atom. The molecule has 0 fully saturated rings. The van der Waals surface area contributed by atoms with E-state index in [-0.39, 0.29) is 5.41 Å². The number of carboxylic acids is 1. The first-order valence-electron chi connectivity index (χ1n) is 5.47. The summed E-state index contributed by atoms with van der Waals surface area (Å²) >= 11 is 0. The van der Waals surface area contributed by atoms with Gasteiger partial charge in [0.2, 0.25) is 5.95 Å². The molecule has 0 amide bonds. The quantitative estimate of drug-likeness (QED) is 0.841. The molecule has 0 aliphatic carbocycles. The number of anilines is 1. The predicted molar refractivity (Wildman–Crippen MR) is 66.1 cm³/mol. The molecule has 17 heavy (non-hydrogen) atoms. The summed E-state index contributed by atoms with van der Waals surface area (Å²) in [6.07, 6.45) is 3.43. The van der Waals surface area contributed by atoms with E-state index in [1.807, 2.05) is 0 Å². The van der Waals surface area contributed by atoms with Crippen molar-refractivity contribution in [1.82, 2.24) is 9.97 Å². The van der Waals surface area contributed by atoms with Gasteiger partial charge >= 0.3 is 5.97 Å². The molecule has 0 aliphatic heterocycles. The minimum Gasteiger partial charge on any atom is -0.480 e. The Balaban J connectivity index is 2.86. The molecule has 0 aromatic carbocycles. The number of nitrogens with one attached hydrogen (secondary N) is 1. The van der Waals surface area contributed by atoms with Crippen molar-refractivity contribution in [3.05, 3.63) is 18.0 Å². The number of hydrogen-bond donors (Lipinski definition) is 2. The Morgan fingerprint density at radius 3 is 2.00 bits per heavy atom. The third-order valence-corrected chi connectivity index (χ3v) is 2.48. The van der Waals surface area contributed by atoms with Crippen LogP contribution in [0.1, 0.15) is 40.2 Å². The molecule has 5 heteroatoms. The van der Waals surface area contributed by atoms with Gasteiger partial charge in [-0.15, -0.1) is 0 Å². The predicted octanol–water partition coefficient (Wildman–Crippen LogP) is 2.05. The van der Waals surface area contributed by atoms with Crippen LogP contribution < -0.4 is 5.32 Å². The standard InChI is InChI=1S/C12H19N3O2/c1-11(2,3)8-6-13-10(14-7-8)15-12(4,5)9(16)17/h6-7H,1-5H3,(H,16,17)(H,13,14,15). The first kappa shape index (κ1) is 13.4. The minimum atomic E-state index is -1.08. The van der Waals surface area contributed by atoms with Crippen LogP contribution in [0.2, 0.25) is 0 Å². The number of aliphatic carboxylic acids is 1. The van der Waals surface area contributed by atoms with Gasteiger partial charge in [0.15, 0.2) is 0 Å². The van der Waals surface area contributed by atoms with Gasteiger partial charge in [-0.05, 0) is 24.8 Å². The maximum atomic E-state index is 10.9. The normalized spacial score (nSPS) is 12.3. The van der Waals surface area contributed by atoms with E-state index >= 15 is 0 Å². The van der Waals surface area contributed by atoms with Crippen LogP contribution in [-0.2, 0) is 10.2 Å². The molecule has 0 unspecified atom stereocenters. The van der Waals surface area contributed by atoms with Crippen molar-refractivity contribution < 1.29 is 9.90 Å². The SMILES string of the molecule is CC(C)(Nc1ncc(C(C)(C)C)cn1)C(=O)O. The summed E-state index contributed by atoms with van der Waals surface area (Å²) in [5.74, 6) is -0.619. The summed E-state index contributed by atoms with van der Waals surface area (Å²) in [4.78, 5) is 19.2.